The third kappa shape index (κ3) is 3.35. The van der Waals surface area contributed by atoms with Crippen LogP contribution in [0.3, 0.4) is 0 Å². The van der Waals surface area contributed by atoms with Crippen LogP contribution >= 0.6 is 0 Å². The van der Waals surface area contributed by atoms with Gasteiger partial charge in [0, 0.05) is 17.3 Å². The van der Waals surface area contributed by atoms with Gasteiger partial charge in [0.1, 0.15) is 5.82 Å². The van der Waals surface area contributed by atoms with Crippen molar-refractivity contribution in [1.82, 2.24) is 4.98 Å². The Morgan fingerprint density at radius 3 is 2.25 bits per heavy atom. The quantitative estimate of drug-likeness (QED) is 0.746. The molecule has 1 aromatic heterocycles. The van der Waals surface area contributed by atoms with Crippen LogP contribution < -0.4 is 5.32 Å². The summed E-state index contributed by atoms with van der Waals surface area (Å²) in [6.07, 6.45) is 3.12. The lowest BCUT2D eigenvalue weighted by atomic mass is 9.98. The highest BCUT2D eigenvalue weighted by atomic mass is 19.1. The van der Waals surface area contributed by atoms with Crippen molar-refractivity contribution >= 4 is 17.4 Å². The van der Waals surface area contributed by atoms with E-state index in [1.54, 1.807) is 42.6 Å². The predicted molar refractivity (Wildman–Crippen MR) is 88.5 cm³/mol. The summed E-state index contributed by atoms with van der Waals surface area (Å²) in [4.78, 5) is 29.0. The van der Waals surface area contributed by atoms with E-state index >= 15 is 0 Å². The lowest BCUT2D eigenvalue weighted by Gasteiger charge is -2.09. The number of carbonyl (C=O) groups is 2. The van der Waals surface area contributed by atoms with Crippen molar-refractivity contribution in [3.8, 4) is 0 Å². The Morgan fingerprint density at radius 2 is 1.58 bits per heavy atom. The van der Waals surface area contributed by atoms with Gasteiger partial charge in [0.15, 0.2) is 5.78 Å². The summed E-state index contributed by atoms with van der Waals surface area (Å²) < 4.78 is 13.0. The zero-order valence-corrected chi connectivity index (χ0v) is 12.6. The fourth-order valence-corrected chi connectivity index (χ4v) is 2.27. The molecule has 0 aliphatic carbocycles. The molecule has 0 aliphatic heterocycles. The van der Waals surface area contributed by atoms with Gasteiger partial charge in [0.05, 0.1) is 17.4 Å². The number of pyridine rings is 1. The molecule has 0 bridgehead atoms. The second-order valence-corrected chi connectivity index (χ2v) is 5.08. The van der Waals surface area contributed by atoms with E-state index in [2.05, 4.69) is 10.3 Å². The van der Waals surface area contributed by atoms with Crippen LogP contribution in [0.25, 0.3) is 0 Å². The third-order valence-electron chi connectivity index (χ3n) is 3.44. The number of halogens is 1. The van der Waals surface area contributed by atoms with Crippen molar-refractivity contribution in [2.24, 2.45) is 0 Å². The Morgan fingerprint density at radius 1 is 0.875 bits per heavy atom. The third-order valence-corrected chi connectivity index (χ3v) is 3.44. The maximum atomic E-state index is 13.0. The molecule has 118 valence electrons. The van der Waals surface area contributed by atoms with Gasteiger partial charge in [-0.15, -0.1) is 0 Å². The number of ketones is 1. The predicted octanol–water partition coefficient (Wildman–Crippen LogP) is 3.70. The minimum absolute atomic E-state index is 0.246. The standard InChI is InChI=1S/C19H13FN2O2/c20-14-9-7-13(8-10-14)18(23)16-5-1-2-6-17(16)19(24)22-15-4-3-11-21-12-15/h1-12H,(H,22,24). The summed E-state index contributed by atoms with van der Waals surface area (Å²) in [6.45, 7) is 0. The summed E-state index contributed by atoms with van der Waals surface area (Å²) in [7, 11) is 0. The molecule has 1 heterocycles. The molecule has 0 fully saturated rings. The van der Waals surface area contributed by atoms with Crippen LogP contribution in [-0.2, 0) is 0 Å². The van der Waals surface area contributed by atoms with Crippen LogP contribution in [-0.4, -0.2) is 16.7 Å². The van der Waals surface area contributed by atoms with Crippen LogP contribution in [0, 0.1) is 5.82 Å². The van der Waals surface area contributed by atoms with Crippen molar-refractivity contribution < 1.29 is 14.0 Å². The van der Waals surface area contributed by atoms with Gasteiger partial charge < -0.3 is 5.32 Å². The first-order valence-corrected chi connectivity index (χ1v) is 7.26. The molecule has 4 nitrogen and oxygen atoms in total. The van der Waals surface area contributed by atoms with E-state index in [1.165, 1.54) is 30.5 Å². The maximum Gasteiger partial charge on any atom is 0.256 e. The van der Waals surface area contributed by atoms with Gasteiger partial charge in [0.2, 0.25) is 0 Å². The highest BCUT2D eigenvalue weighted by Gasteiger charge is 2.18. The van der Waals surface area contributed by atoms with E-state index in [4.69, 9.17) is 0 Å². The second kappa shape index (κ2) is 6.83. The van der Waals surface area contributed by atoms with Gasteiger partial charge >= 0.3 is 0 Å². The zero-order valence-electron chi connectivity index (χ0n) is 12.6. The lowest BCUT2D eigenvalue weighted by molar-refractivity contribution is 0.0996. The summed E-state index contributed by atoms with van der Waals surface area (Å²) in [6, 6.07) is 15.1. The SMILES string of the molecule is O=C(Nc1cccnc1)c1ccccc1C(=O)c1ccc(F)cc1. The van der Waals surface area contributed by atoms with Crippen LogP contribution in [0.2, 0.25) is 0 Å². The summed E-state index contributed by atoms with van der Waals surface area (Å²) in [5.74, 6) is -1.17. The number of benzene rings is 2. The molecule has 0 saturated carbocycles. The number of carbonyl (C=O) groups excluding carboxylic acids is 2. The Balaban J connectivity index is 1.91. The molecular weight excluding hydrogens is 307 g/mol. The minimum Gasteiger partial charge on any atom is -0.321 e. The van der Waals surface area contributed by atoms with Gasteiger partial charge in [-0.2, -0.15) is 0 Å². The van der Waals surface area contributed by atoms with Crippen LogP contribution in [0.1, 0.15) is 26.3 Å². The molecule has 0 radical (unpaired) electrons. The van der Waals surface area contributed by atoms with Gasteiger partial charge in [-0.3, -0.25) is 14.6 Å². The fourth-order valence-electron chi connectivity index (χ4n) is 2.27. The number of nitrogens with one attached hydrogen (secondary N) is 1. The Labute approximate surface area is 138 Å². The van der Waals surface area contributed by atoms with Crippen molar-refractivity contribution in [3.63, 3.8) is 0 Å². The van der Waals surface area contributed by atoms with Crippen LogP contribution in [0.5, 0.6) is 0 Å². The molecule has 3 rings (SSSR count). The van der Waals surface area contributed by atoms with E-state index in [-0.39, 0.29) is 16.9 Å². The smallest absolute Gasteiger partial charge is 0.256 e. The first-order valence-electron chi connectivity index (χ1n) is 7.26. The molecule has 2 aromatic carbocycles. The number of aromatic nitrogens is 1. The fraction of sp³-hybridized carbons (Fsp3) is 0. The number of rotatable bonds is 4. The van der Waals surface area contributed by atoms with Crippen molar-refractivity contribution in [2.45, 2.75) is 0 Å². The van der Waals surface area contributed by atoms with E-state index < -0.39 is 11.7 Å². The minimum atomic E-state index is -0.422. The van der Waals surface area contributed by atoms with E-state index in [1.807, 2.05) is 0 Å². The normalized spacial score (nSPS) is 10.2. The van der Waals surface area contributed by atoms with Gasteiger partial charge in [-0.1, -0.05) is 18.2 Å². The monoisotopic (exact) mass is 320 g/mol. The molecule has 1 amide bonds. The van der Waals surface area contributed by atoms with Crippen molar-refractivity contribution in [3.05, 3.63) is 95.6 Å². The van der Waals surface area contributed by atoms with Crippen LogP contribution in [0.15, 0.2) is 73.1 Å². The topological polar surface area (TPSA) is 59.1 Å². The average Bonchev–Trinajstić information content (AvgIpc) is 2.62. The Hall–Kier alpha value is -3.34. The molecule has 1 N–H and O–H groups in total. The van der Waals surface area contributed by atoms with E-state index in [0.29, 0.717) is 11.3 Å². The summed E-state index contributed by atoms with van der Waals surface area (Å²) in [5, 5.41) is 2.70. The number of hydrogen-bond acceptors (Lipinski definition) is 3. The molecule has 5 heteroatoms. The number of anilines is 1. The highest BCUT2D eigenvalue weighted by molar-refractivity contribution is 6.17. The van der Waals surface area contributed by atoms with E-state index in [9.17, 15) is 14.0 Å². The summed E-state index contributed by atoms with van der Waals surface area (Å²) in [5.41, 5.74) is 1.35. The molecule has 24 heavy (non-hydrogen) atoms. The van der Waals surface area contributed by atoms with Gasteiger partial charge in [0.25, 0.3) is 5.91 Å². The first-order chi connectivity index (χ1) is 11.6. The summed E-state index contributed by atoms with van der Waals surface area (Å²) >= 11 is 0. The van der Waals surface area contributed by atoms with E-state index in [0.717, 1.165) is 0 Å². The Kier molecular flexibility index (Phi) is 4.43. The van der Waals surface area contributed by atoms with Gasteiger partial charge in [-0.25, -0.2) is 4.39 Å². The largest absolute Gasteiger partial charge is 0.321 e. The number of amides is 1. The molecule has 0 aliphatic rings. The van der Waals surface area contributed by atoms with Crippen LogP contribution in [0.4, 0.5) is 10.1 Å². The van der Waals surface area contributed by atoms with Crippen molar-refractivity contribution in [1.29, 1.82) is 0 Å². The van der Waals surface area contributed by atoms with Gasteiger partial charge in [-0.05, 0) is 42.5 Å². The first kappa shape index (κ1) is 15.6. The lowest BCUT2D eigenvalue weighted by Crippen LogP contribution is -2.17. The Bertz CT molecular complexity index is 877. The average molecular weight is 320 g/mol. The number of nitrogens with zero attached hydrogens (tertiary/aromatic N) is 1. The molecule has 0 unspecified atom stereocenters. The molecule has 0 atom stereocenters. The number of hydrogen-bond donors (Lipinski definition) is 1. The maximum absolute atomic E-state index is 13.0. The molecule has 3 aromatic rings. The van der Waals surface area contributed by atoms with Crippen molar-refractivity contribution in [2.75, 3.05) is 5.32 Å². The zero-order chi connectivity index (χ0) is 16.9. The highest BCUT2D eigenvalue weighted by Crippen LogP contribution is 2.17. The second-order valence-electron chi connectivity index (χ2n) is 5.08. The molecular formula is C19H13FN2O2. The molecule has 0 saturated heterocycles. The molecule has 0 spiro atoms.